The van der Waals surface area contributed by atoms with Crippen molar-refractivity contribution >= 4 is 38.9 Å². The molecule has 0 saturated carbocycles. The number of hydrogen-bond acceptors (Lipinski definition) is 7. The molecule has 2 aromatic rings. The van der Waals surface area contributed by atoms with Crippen LogP contribution in [-0.2, 0) is 14.8 Å². The molecule has 0 fully saturated rings. The predicted octanol–water partition coefficient (Wildman–Crippen LogP) is 1.12. The number of hydrogen-bond donors (Lipinski definition) is 2. The number of nitrogens with zero attached hydrogens (tertiary/aromatic N) is 1. The zero-order valence-electron chi connectivity index (χ0n) is 14.9. The number of amides is 2. The highest BCUT2D eigenvalue weighted by Crippen LogP contribution is 2.33. The number of carbonyl (C=O) groups is 2. The summed E-state index contributed by atoms with van der Waals surface area (Å²) in [6.45, 7) is -0.452. The largest absolute Gasteiger partial charge is 0.493 e. The number of ether oxygens (including phenoxy) is 2. The molecule has 0 unspecified atom stereocenters. The summed E-state index contributed by atoms with van der Waals surface area (Å²) in [4.78, 5) is 24.0. The lowest BCUT2D eigenvalue weighted by Crippen LogP contribution is -2.35. The Morgan fingerprint density at radius 3 is 2.37 bits per heavy atom. The van der Waals surface area contributed by atoms with Gasteiger partial charge in [-0.1, -0.05) is 6.07 Å². The maximum Gasteiger partial charge on any atom is 0.252 e. The highest BCUT2D eigenvalue weighted by molar-refractivity contribution is 7.91. The number of nitrogens with one attached hydrogen (secondary N) is 1. The quantitative estimate of drug-likeness (QED) is 0.667. The highest BCUT2D eigenvalue weighted by atomic mass is 32.2. The number of benzene rings is 1. The lowest BCUT2D eigenvalue weighted by Gasteiger charge is -2.17. The number of primary amides is 1. The van der Waals surface area contributed by atoms with Crippen LogP contribution in [0.5, 0.6) is 11.5 Å². The Balaban J connectivity index is 2.23. The standard InChI is InChI=1S/C16H19N3O6S2/c1-19(27(22,23)15-5-4-6-26-15)9-14(20)18-11-8-13(25-3)12(24-2)7-10(11)16(17)21/h4-8H,9H2,1-3H3,(H2,17,21)(H,18,20). The van der Waals surface area contributed by atoms with Crippen LogP contribution in [0, 0.1) is 0 Å². The summed E-state index contributed by atoms with van der Waals surface area (Å²) in [5.74, 6) is -0.891. The number of nitrogens with two attached hydrogens (primary N) is 1. The van der Waals surface area contributed by atoms with E-state index >= 15 is 0 Å². The fourth-order valence-electron chi connectivity index (χ4n) is 2.23. The van der Waals surface area contributed by atoms with Gasteiger partial charge < -0.3 is 20.5 Å². The Bertz CT molecular complexity index is 941. The Hall–Kier alpha value is -2.63. The molecule has 0 aliphatic carbocycles. The maximum absolute atomic E-state index is 12.4. The SMILES string of the molecule is COc1cc(NC(=O)CN(C)S(=O)(=O)c2cccs2)c(C(N)=O)cc1OC. The molecule has 1 aromatic heterocycles. The maximum atomic E-state index is 12.4. The van der Waals surface area contributed by atoms with E-state index in [2.05, 4.69) is 5.32 Å². The van der Waals surface area contributed by atoms with Crippen molar-refractivity contribution in [2.24, 2.45) is 5.73 Å². The average molecular weight is 413 g/mol. The van der Waals surface area contributed by atoms with E-state index in [4.69, 9.17) is 15.2 Å². The first-order chi connectivity index (χ1) is 12.7. The molecule has 9 nitrogen and oxygen atoms in total. The number of thiophene rings is 1. The Morgan fingerprint density at radius 2 is 1.85 bits per heavy atom. The van der Waals surface area contributed by atoms with Gasteiger partial charge in [0.25, 0.3) is 15.9 Å². The van der Waals surface area contributed by atoms with Crippen LogP contribution in [0.3, 0.4) is 0 Å². The normalized spacial score (nSPS) is 11.3. The lowest BCUT2D eigenvalue weighted by molar-refractivity contribution is -0.116. The number of carbonyl (C=O) groups excluding carboxylic acids is 2. The van der Waals surface area contributed by atoms with E-state index in [9.17, 15) is 18.0 Å². The van der Waals surface area contributed by atoms with E-state index in [0.717, 1.165) is 15.6 Å². The van der Waals surface area contributed by atoms with E-state index in [0.29, 0.717) is 0 Å². The summed E-state index contributed by atoms with van der Waals surface area (Å²) in [5, 5.41) is 4.12. The van der Waals surface area contributed by atoms with Crippen LogP contribution in [0.4, 0.5) is 5.69 Å². The van der Waals surface area contributed by atoms with Crippen LogP contribution in [0.1, 0.15) is 10.4 Å². The zero-order valence-corrected chi connectivity index (χ0v) is 16.5. The summed E-state index contributed by atoms with van der Waals surface area (Å²) in [6.07, 6.45) is 0. The molecule has 0 saturated heterocycles. The molecule has 2 rings (SSSR count). The van der Waals surface area contributed by atoms with Gasteiger partial charge in [0.15, 0.2) is 11.5 Å². The molecular weight excluding hydrogens is 394 g/mol. The van der Waals surface area contributed by atoms with Crippen LogP contribution >= 0.6 is 11.3 Å². The van der Waals surface area contributed by atoms with Gasteiger partial charge in [0.05, 0.1) is 32.0 Å². The molecule has 1 aromatic carbocycles. The molecule has 1 heterocycles. The van der Waals surface area contributed by atoms with Gasteiger partial charge in [-0.05, 0) is 17.5 Å². The molecule has 0 aliphatic heterocycles. The van der Waals surface area contributed by atoms with Crippen molar-refractivity contribution in [2.75, 3.05) is 33.1 Å². The molecule has 0 atom stereocenters. The second-order valence-electron chi connectivity index (χ2n) is 5.36. The van der Waals surface area contributed by atoms with Crippen LogP contribution < -0.4 is 20.5 Å². The molecular formula is C16H19N3O6S2. The number of methoxy groups -OCH3 is 2. The zero-order chi connectivity index (χ0) is 20.2. The van der Waals surface area contributed by atoms with Gasteiger partial charge in [-0.25, -0.2) is 8.42 Å². The smallest absolute Gasteiger partial charge is 0.252 e. The summed E-state index contributed by atoms with van der Waals surface area (Å²) in [6, 6.07) is 5.77. The first-order valence-corrected chi connectivity index (χ1v) is 9.88. The van der Waals surface area contributed by atoms with Crippen LogP contribution in [0.15, 0.2) is 33.9 Å². The minimum atomic E-state index is -3.78. The molecule has 0 spiro atoms. The number of rotatable bonds is 8. The molecule has 27 heavy (non-hydrogen) atoms. The van der Waals surface area contributed by atoms with Crippen LogP contribution in [0.25, 0.3) is 0 Å². The molecule has 0 radical (unpaired) electrons. The third-order valence-corrected chi connectivity index (χ3v) is 6.77. The van der Waals surface area contributed by atoms with Crippen molar-refractivity contribution < 1.29 is 27.5 Å². The molecule has 0 bridgehead atoms. The van der Waals surface area contributed by atoms with Crippen molar-refractivity contribution in [1.29, 1.82) is 0 Å². The molecule has 0 aliphatic rings. The topological polar surface area (TPSA) is 128 Å². The highest BCUT2D eigenvalue weighted by Gasteiger charge is 2.25. The second kappa shape index (κ2) is 8.37. The minimum absolute atomic E-state index is 0.00441. The van der Waals surface area contributed by atoms with Gasteiger partial charge in [-0.3, -0.25) is 9.59 Å². The summed E-state index contributed by atoms with van der Waals surface area (Å²) in [7, 11) is 0.303. The van der Waals surface area contributed by atoms with Crippen molar-refractivity contribution in [3.8, 4) is 11.5 Å². The van der Waals surface area contributed by atoms with Gasteiger partial charge >= 0.3 is 0 Å². The van der Waals surface area contributed by atoms with Crippen molar-refractivity contribution in [3.63, 3.8) is 0 Å². The fourth-order valence-corrected chi connectivity index (χ4v) is 4.56. The lowest BCUT2D eigenvalue weighted by atomic mass is 10.1. The Labute approximate surface area is 160 Å². The van der Waals surface area contributed by atoms with Crippen molar-refractivity contribution in [1.82, 2.24) is 4.31 Å². The average Bonchev–Trinajstić information content (AvgIpc) is 3.16. The van der Waals surface area contributed by atoms with Gasteiger partial charge in [-0.2, -0.15) is 4.31 Å². The van der Waals surface area contributed by atoms with E-state index in [1.165, 1.54) is 39.5 Å². The first-order valence-electron chi connectivity index (χ1n) is 7.56. The molecule has 3 N–H and O–H groups in total. The number of likely N-dealkylation sites (N-methyl/N-ethyl adjacent to an activating group) is 1. The molecule has 11 heteroatoms. The van der Waals surface area contributed by atoms with Gasteiger partial charge in [0, 0.05) is 13.1 Å². The van der Waals surface area contributed by atoms with E-state index in [1.807, 2.05) is 0 Å². The monoisotopic (exact) mass is 413 g/mol. The second-order valence-corrected chi connectivity index (χ2v) is 8.58. The minimum Gasteiger partial charge on any atom is -0.493 e. The van der Waals surface area contributed by atoms with E-state index < -0.39 is 28.4 Å². The summed E-state index contributed by atoms with van der Waals surface area (Å²) < 4.78 is 36.1. The van der Waals surface area contributed by atoms with Gasteiger partial charge in [0.2, 0.25) is 5.91 Å². The van der Waals surface area contributed by atoms with Crippen molar-refractivity contribution in [2.45, 2.75) is 4.21 Å². The van der Waals surface area contributed by atoms with Gasteiger partial charge in [-0.15, -0.1) is 11.3 Å². The molecule has 146 valence electrons. The van der Waals surface area contributed by atoms with E-state index in [-0.39, 0.29) is 27.0 Å². The predicted molar refractivity (Wildman–Crippen MR) is 101 cm³/mol. The third kappa shape index (κ3) is 4.56. The summed E-state index contributed by atoms with van der Waals surface area (Å²) in [5.41, 5.74) is 5.44. The van der Waals surface area contributed by atoms with Gasteiger partial charge in [0.1, 0.15) is 4.21 Å². The third-order valence-electron chi connectivity index (χ3n) is 3.59. The van der Waals surface area contributed by atoms with Crippen LogP contribution in [-0.4, -0.2) is 52.3 Å². The number of anilines is 1. The van der Waals surface area contributed by atoms with Crippen molar-refractivity contribution in [3.05, 3.63) is 35.2 Å². The Kier molecular flexibility index (Phi) is 6.41. The van der Waals surface area contributed by atoms with Crippen LogP contribution in [0.2, 0.25) is 0 Å². The Morgan fingerprint density at radius 1 is 1.22 bits per heavy atom. The number of sulfonamides is 1. The van der Waals surface area contributed by atoms with E-state index in [1.54, 1.807) is 11.4 Å². The molecule has 2 amide bonds. The fraction of sp³-hybridized carbons (Fsp3) is 0.250. The first kappa shape index (κ1) is 20.7. The summed E-state index contributed by atoms with van der Waals surface area (Å²) >= 11 is 1.05.